The van der Waals surface area contributed by atoms with Gasteiger partial charge in [-0.1, -0.05) is 54.6 Å². The van der Waals surface area contributed by atoms with E-state index in [2.05, 4.69) is 4.85 Å². The molecule has 0 spiro atoms. The van der Waals surface area contributed by atoms with Gasteiger partial charge in [-0.15, -0.1) is 0 Å². The summed E-state index contributed by atoms with van der Waals surface area (Å²) in [4.78, 5) is 24.2. The standard InChI is InChI=1S/C22H13N3O2/c1-23-17-10-7-15(8-11-17)21-20(14-5-3-2-4-6-14)24-18-12-9-16(22(26)27)13-19(18)25-21/h2-13H,(H,26,27). The molecule has 0 saturated heterocycles. The van der Waals surface area contributed by atoms with E-state index in [4.69, 9.17) is 16.5 Å². The van der Waals surface area contributed by atoms with E-state index < -0.39 is 5.97 Å². The Morgan fingerprint density at radius 1 is 0.815 bits per heavy atom. The van der Waals surface area contributed by atoms with Crippen LogP contribution in [0.2, 0.25) is 0 Å². The van der Waals surface area contributed by atoms with Gasteiger partial charge in [0.2, 0.25) is 0 Å². The predicted octanol–water partition coefficient (Wildman–Crippen LogP) is 5.21. The first-order chi connectivity index (χ1) is 13.2. The minimum Gasteiger partial charge on any atom is -0.478 e. The average molecular weight is 351 g/mol. The highest BCUT2D eigenvalue weighted by Crippen LogP contribution is 2.32. The molecule has 0 saturated carbocycles. The van der Waals surface area contributed by atoms with Gasteiger partial charge in [-0.05, 0) is 23.8 Å². The Hall–Kier alpha value is -4.04. The summed E-state index contributed by atoms with van der Waals surface area (Å²) in [7, 11) is 0. The molecule has 27 heavy (non-hydrogen) atoms. The molecule has 5 nitrogen and oxygen atoms in total. The number of carboxylic acid groups (broad SMARTS) is 1. The summed E-state index contributed by atoms with van der Waals surface area (Å²) in [5.74, 6) is -1.01. The van der Waals surface area contributed by atoms with Crippen molar-refractivity contribution >= 4 is 22.7 Å². The largest absolute Gasteiger partial charge is 0.478 e. The molecule has 3 aromatic carbocycles. The molecule has 0 aliphatic carbocycles. The van der Waals surface area contributed by atoms with Crippen LogP contribution in [0.15, 0.2) is 72.8 Å². The molecule has 0 radical (unpaired) electrons. The molecule has 0 bridgehead atoms. The zero-order valence-corrected chi connectivity index (χ0v) is 14.1. The monoisotopic (exact) mass is 351 g/mol. The maximum atomic E-state index is 11.3. The Balaban J connectivity index is 1.99. The second-order valence-corrected chi connectivity index (χ2v) is 5.95. The molecule has 0 unspecified atom stereocenters. The van der Waals surface area contributed by atoms with Crippen LogP contribution in [0.5, 0.6) is 0 Å². The fourth-order valence-corrected chi connectivity index (χ4v) is 2.88. The number of nitrogens with zero attached hydrogens (tertiary/aromatic N) is 3. The minimum absolute atomic E-state index is 0.165. The molecule has 4 rings (SSSR count). The highest BCUT2D eigenvalue weighted by Gasteiger charge is 2.14. The number of carboxylic acids is 1. The lowest BCUT2D eigenvalue weighted by Gasteiger charge is -2.11. The molecule has 0 atom stereocenters. The zero-order chi connectivity index (χ0) is 18.8. The Morgan fingerprint density at radius 2 is 1.44 bits per heavy atom. The predicted molar refractivity (Wildman–Crippen MR) is 104 cm³/mol. The van der Waals surface area contributed by atoms with Crippen molar-refractivity contribution in [2.24, 2.45) is 0 Å². The van der Waals surface area contributed by atoms with Gasteiger partial charge in [-0.25, -0.2) is 19.6 Å². The van der Waals surface area contributed by atoms with Gasteiger partial charge in [0.1, 0.15) is 0 Å². The van der Waals surface area contributed by atoms with Gasteiger partial charge in [0.15, 0.2) is 5.69 Å². The summed E-state index contributed by atoms with van der Waals surface area (Å²) in [5.41, 5.74) is 4.93. The highest BCUT2D eigenvalue weighted by molar-refractivity contribution is 5.94. The van der Waals surface area contributed by atoms with Gasteiger partial charge < -0.3 is 5.11 Å². The summed E-state index contributed by atoms with van der Waals surface area (Å²) in [6.07, 6.45) is 0. The van der Waals surface area contributed by atoms with E-state index in [9.17, 15) is 9.90 Å². The van der Waals surface area contributed by atoms with E-state index in [0.29, 0.717) is 28.1 Å². The van der Waals surface area contributed by atoms with Crippen molar-refractivity contribution in [1.82, 2.24) is 9.97 Å². The van der Waals surface area contributed by atoms with Crippen molar-refractivity contribution in [1.29, 1.82) is 0 Å². The Kier molecular flexibility index (Phi) is 4.07. The maximum Gasteiger partial charge on any atom is 0.335 e. The SMILES string of the molecule is [C-]#[N+]c1ccc(-c2nc3cc(C(=O)O)ccc3nc2-c2ccccc2)cc1. The Morgan fingerprint density at radius 3 is 2.07 bits per heavy atom. The number of hydrogen-bond acceptors (Lipinski definition) is 3. The van der Waals surface area contributed by atoms with Crippen LogP contribution in [0.3, 0.4) is 0 Å². The number of aromatic nitrogens is 2. The van der Waals surface area contributed by atoms with E-state index >= 15 is 0 Å². The van der Waals surface area contributed by atoms with Crippen LogP contribution < -0.4 is 0 Å². The zero-order valence-electron chi connectivity index (χ0n) is 14.1. The first kappa shape index (κ1) is 16.4. The quantitative estimate of drug-likeness (QED) is 0.514. The number of fused-ring (bicyclic) bond motifs is 1. The van der Waals surface area contributed by atoms with Gasteiger partial charge in [0.05, 0.1) is 34.6 Å². The number of aromatic carboxylic acids is 1. The van der Waals surface area contributed by atoms with E-state index in [1.165, 1.54) is 12.1 Å². The minimum atomic E-state index is -1.01. The smallest absolute Gasteiger partial charge is 0.335 e. The lowest BCUT2D eigenvalue weighted by atomic mass is 10.0. The van der Waals surface area contributed by atoms with Gasteiger partial charge >= 0.3 is 5.97 Å². The molecule has 4 aromatic rings. The first-order valence-electron chi connectivity index (χ1n) is 8.24. The van der Waals surface area contributed by atoms with E-state index in [-0.39, 0.29) is 5.56 Å². The lowest BCUT2D eigenvalue weighted by molar-refractivity contribution is 0.0697. The van der Waals surface area contributed by atoms with Gasteiger partial charge in [-0.3, -0.25) is 0 Å². The summed E-state index contributed by atoms with van der Waals surface area (Å²) in [6.45, 7) is 7.11. The number of rotatable bonds is 3. The molecule has 1 N–H and O–H groups in total. The first-order valence-corrected chi connectivity index (χ1v) is 8.24. The maximum absolute atomic E-state index is 11.3. The third kappa shape index (κ3) is 3.12. The summed E-state index contributed by atoms with van der Waals surface area (Å²) in [6, 6.07) is 21.6. The third-order valence-corrected chi connectivity index (χ3v) is 4.23. The Bertz CT molecular complexity index is 1190. The van der Waals surface area contributed by atoms with Crippen molar-refractivity contribution < 1.29 is 9.90 Å². The molecule has 0 fully saturated rings. The van der Waals surface area contributed by atoms with Crippen molar-refractivity contribution in [2.75, 3.05) is 0 Å². The summed E-state index contributed by atoms with van der Waals surface area (Å²) in [5, 5.41) is 9.24. The number of benzene rings is 3. The second kappa shape index (κ2) is 6.70. The van der Waals surface area contributed by atoms with Crippen LogP contribution in [-0.4, -0.2) is 21.0 Å². The van der Waals surface area contributed by atoms with Crippen molar-refractivity contribution in [2.45, 2.75) is 0 Å². The van der Waals surface area contributed by atoms with Crippen molar-refractivity contribution in [3.63, 3.8) is 0 Å². The van der Waals surface area contributed by atoms with E-state index in [1.807, 2.05) is 42.5 Å². The summed E-state index contributed by atoms with van der Waals surface area (Å²) < 4.78 is 0. The fraction of sp³-hybridized carbons (Fsp3) is 0. The van der Waals surface area contributed by atoms with Crippen LogP contribution in [-0.2, 0) is 0 Å². The molecular formula is C22H13N3O2. The summed E-state index contributed by atoms with van der Waals surface area (Å²) >= 11 is 0. The van der Waals surface area contributed by atoms with Crippen LogP contribution >= 0.6 is 0 Å². The van der Waals surface area contributed by atoms with E-state index in [1.54, 1.807) is 18.2 Å². The number of carbonyl (C=O) groups is 1. The van der Waals surface area contributed by atoms with Crippen LogP contribution in [0.25, 0.3) is 38.4 Å². The molecule has 0 aliphatic rings. The third-order valence-electron chi connectivity index (χ3n) is 4.23. The van der Waals surface area contributed by atoms with Gasteiger partial charge in [0.25, 0.3) is 0 Å². The van der Waals surface area contributed by atoms with Crippen LogP contribution in [0.1, 0.15) is 10.4 Å². The lowest BCUT2D eigenvalue weighted by Crippen LogP contribution is -1.99. The molecule has 1 aromatic heterocycles. The molecular weight excluding hydrogens is 338 g/mol. The molecule has 0 aliphatic heterocycles. The normalized spacial score (nSPS) is 10.5. The van der Waals surface area contributed by atoms with Gasteiger partial charge in [-0.2, -0.15) is 0 Å². The molecule has 1 heterocycles. The molecule has 128 valence electrons. The molecule has 0 amide bonds. The average Bonchev–Trinajstić information content (AvgIpc) is 2.73. The fourth-order valence-electron chi connectivity index (χ4n) is 2.88. The number of hydrogen-bond donors (Lipinski definition) is 1. The van der Waals surface area contributed by atoms with E-state index in [0.717, 1.165) is 11.1 Å². The van der Waals surface area contributed by atoms with Crippen LogP contribution in [0, 0.1) is 6.57 Å². The van der Waals surface area contributed by atoms with Gasteiger partial charge in [0, 0.05) is 5.56 Å². The van der Waals surface area contributed by atoms with Crippen molar-refractivity contribution in [3.8, 4) is 22.5 Å². The van der Waals surface area contributed by atoms with Crippen molar-refractivity contribution in [3.05, 3.63) is 89.8 Å². The second-order valence-electron chi connectivity index (χ2n) is 5.95. The molecule has 5 heteroatoms. The Labute approximate surface area is 155 Å². The topological polar surface area (TPSA) is 67.4 Å². The highest BCUT2D eigenvalue weighted by atomic mass is 16.4. The van der Waals surface area contributed by atoms with Crippen LogP contribution in [0.4, 0.5) is 5.69 Å².